The number of nitrogens with zero attached hydrogens (tertiary/aromatic N) is 2. The lowest BCUT2D eigenvalue weighted by atomic mass is 10.0. The summed E-state index contributed by atoms with van der Waals surface area (Å²) in [4.78, 5) is 0. The van der Waals surface area contributed by atoms with Gasteiger partial charge in [-0.2, -0.15) is 5.26 Å². The zero-order valence-corrected chi connectivity index (χ0v) is 9.02. The number of aryl methyl sites for hydroxylation is 1. The van der Waals surface area contributed by atoms with E-state index in [1.165, 1.54) is 7.11 Å². The molecule has 0 amide bonds. The van der Waals surface area contributed by atoms with Gasteiger partial charge < -0.3 is 9.26 Å². The van der Waals surface area contributed by atoms with Crippen molar-refractivity contribution < 1.29 is 9.26 Å². The molecule has 0 N–H and O–H groups in total. The topological polar surface area (TPSA) is 59.1 Å². The van der Waals surface area contributed by atoms with Crippen molar-refractivity contribution in [3.63, 3.8) is 0 Å². The summed E-state index contributed by atoms with van der Waals surface area (Å²) in [6.45, 7) is 1.79. The maximum Gasteiger partial charge on any atom is 0.262 e. The van der Waals surface area contributed by atoms with Crippen LogP contribution in [0.4, 0.5) is 0 Å². The second-order valence-electron chi connectivity index (χ2n) is 3.28. The summed E-state index contributed by atoms with van der Waals surface area (Å²) in [5.41, 5.74) is 2.09. The standard InChI is InChI=1S/C12H10N2O2/c1-8-11(12(15-2)14-16-8)10-6-4-3-5-9(10)7-13/h3-6H,1-2H3. The van der Waals surface area contributed by atoms with Crippen LogP contribution in [-0.2, 0) is 0 Å². The first-order chi connectivity index (χ1) is 7.77. The van der Waals surface area contributed by atoms with E-state index in [1.54, 1.807) is 13.0 Å². The molecule has 1 heterocycles. The Morgan fingerprint density at radius 3 is 2.81 bits per heavy atom. The quantitative estimate of drug-likeness (QED) is 0.770. The van der Waals surface area contributed by atoms with Gasteiger partial charge in [-0.3, -0.25) is 0 Å². The molecule has 0 saturated heterocycles. The van der Waals surface area contributed by atoms with Gasteiger partial charge in [-0.05, 0) is 18.1 Å². The fourth-order valence-corrected chi connectivity index (χ4v) is 1.59. The molecule has 4 heteroatoms. The fourth-order valence-electron chi connectivity index (χ4n) is 1.59. The highest BCUT2D eigenvalue weighted by Crippen LogP contribution is 2.34. The zero-order valence-electron chi connectivity index (χ0n) is 9.02. The van der Waals surface area contributed by atoms with Crippen molar-refractivity contribution in [1.82, 2.24) is 5.16 Å². The Morgan fingerprint density at radius 1 is 1.38 bits per heavy atom. The van der Waals surface area contributed by atoms with E-state index in [0.717, 1.165) is 11.1 Å². The number of aromatic nitrogens is 1. The van der Waals surface area contributed by atoms with Gasteiger partial charge in [0.2, 0.25) is 0 Å². The molecular weight excluding hydrogens is 204 g/mol. The predicted molar refractivity (Wildman–Crippen MR) is 57.9 cm³/mol. The van der Waals surface area contributed by atoms with Crippen molar-refractivity contribution in [1.29, 1.82) is 5.26 Å². The Kier molecular flexibility index (Phi) is 2.61. The lowest BCUT2D eigenvalue weighted by molar-refractivity contribution is 0.331. The van der Waals surface area contributed by atoms with Crippen molar-refractivity contribution in [2.45, 2.75) is 6.92 Å². The van der Waals surface area contributed by atoms with E-state index >= 15 is 0 Å². The van der Waals surface area contributed by atoms with Crippen LogP contribution in [0.2, 0.25) is 0 Å². The summed E-state index contributed by atoms with van der Waals surface area (Å²) in [7, 11) is 1.52. The number of rotatable bonds is 2. The van der Waals surface area contributed by atoms with Crippen LogP contribution in [-0.4, -0.2) is 12.3 Å². The van der Waals surface area contributed by atoms with Gasteiger partial charge in [-0.15, -0.1) is 0 Å². The summed E-state index contributed by atoms with van der Waals surface area (Å²) in [6, 6.07) is 9.42. The Balaban J connectivity index is 2.67. The highest BCUT2D eigenvalue weighted by atomic mass is 16.5. The van der Waals surface area contributed by atoms with Crippen LogP contribution >= 0.6 is 0 Å². The third kappa shape index (κ3) is 1.52. The summed E-state index contributed by atoms with van der Waals surface area (Å²) in [5, 5.41) is 12.8. The Hall–Kier alpha value is -2.28. The number of methoxy groups -OCH3 is 1. The molecule has 0 unspecified atom stereocenters. The molecule has 0 atom stereocenters. The molecule has 0 fully saturated rings. The van der Waals surface area contributed by atoms with Crippen LogP contribution in [0.1, 0.15) is 11.3 Å². The van der Waals surface area contributed by atoms with E-state index in [1.807, 2.05) is 18.2 Å². The van der Waals surface area contributed by atoms with Gasteiger partial charge in [0, 0.05) is 5.56 Å². The molecule has 16 heavy (non-hydrogen) atoms. The van der Waals surface area contributed by atoms with Crippen molar-refractivity contribution in [2.75, 3.05) is 7.11 Å². The minimum absolute atomic E-state index is 0.403. The SMILES string of the molecule is COc1noc(C)c1-c1ccccc1C#N. The predicted octanol–water partition coefficient (Wildman–Crippen LogP) is 2.53. The largest absolute Gasteiger partial charge is 0.478 e. The van der Waals surface area contributed by atoms with Crippen LogP contribution in [0.15, 0.2) is 28.8 Å². The van der Waals surface area contributed by atoms with Gasteiger partial charge in [0.15, 0.2) is 0 Å². The fraction of sp³-hybridized carbons (Fsp3) is 0.167. The minimum atomic E-state index is 0.403. The van der Waals surface area contributed by atoms with E-state index < -0.39 is 0 Å². The van der Waals surface area contributed by atoms with E-state index in [-0.39, 0.29) is 0 Å². The van der Waals surface area contributed by atoms with Crippen LogP contribution in [0, 0.1) is 18.3 Å². The normalized spacial score (nSPS) is 9.81. The molecule has 4 nitrogen and oxygen atoms in total. The van der Waals surface area contributed by atoms with E-state index in [9.17, 15) is 0 Å². The lowest BCUT2D eigenvalue weighted by Crippen LogP contribution is -1.89. The molecule has 80 valence electrons. The van der Waals surface area contributed by atoms with Crippen LogP contribution in [0.3, 0.4) is 0 Å². The number of benzene rings is 1. The molecule has 0 spiro atoms. The number of hydrogen-bond acceptors (Lipinski definition) is 4. The van der Waals surface area contributed by atoms with E-state index in [2.05, 4.69) is 11.2 Å². The monoisotopic (exact) mass is 214 g/mol. The van der Waals surface area contributed by atoms with E-state index in [0.29, 0.717) is 17.2 Å². The number of nitriles is 1. The summed E-state index contributed by atoms with van der Waals surface area (Å²) in [6.07, 6.45) is 0. The molecule has 1 aromatic heterocycles. The van der Waals surface area contributed by atoms with Gasteiger partial charge in [-0.25, -0.2) is 0 Å². The second-order valence-corrected chi connectivity index (χ2v) is 3.28. The number of ether oxygens (including phenoxy) is 1. The summed E-state index contributed by atoms with van der Waals surface area (Å²) >= 11 is 0. The smallest absolute Gasteiger partial charge is 0.262 e. The average molecular weight is 214 g/mol. The maximum atomic E-state index is 9.03. The molecule has 2 aromatic rings. The van der Waals surface area contributed by atoms with Gasteiger partial charge >= 0.3 is 0 Å². The highest BCUT2D eigenvalue weighted by molar-refractivity contribution is 5.75. The van der Waals surface area contributed by atoms with Crippen molar-refractivity contribution >= 4 is 0 Å². The van der Waals surface area contributed by atoms with Gasteiger partial charge in [-0.1, -0.05) is 18.2 Å². The average Bonchev–Trinajstić information content (AvgIpc) is 2.70. The minimum Gasteiger partial charge on any atom is -0.478 e. The molecule has 0 aliphatic carbocycles. The summed E-state index contributed by atoms with van der Waals surface area (Å²) < 4.78 is 10.2. The Morgan fingerprint density at radius 2 is 2.12 bits per heavy atom. The molecule has 0 bridgehead atoms. The highest BCUT2D eigenvalue weighted by Gasteiger charge is 2.17. The molecule has 1 aromatic carbocycles. The first-order valence-electron chi connectivity index (χ1n) is 4.77. The first kappa shape index (κ1) is 10.2. The molecule has 0 radical (unpaired) electrons. The van der Waals surface area contributed by atoms with Crippen molar-refractivity contribution in [3.05, 3.63) is 35.6 Å². The van der Waals surface area contributed by atoms with Crippen molar-refractivity contribution in [3.8, 4) is 23.1 Å². The molecule has 0 aliphatic rings. The first-order valence-corrected chi connectivity index (χ1v) is 4.77. The zero-order chi connectivity index (χ0) is 11.5. The third-order valence-corrected chi connectivity index (χ3v) is 2.34. The van der Waals surface area contributed by atoms with Gasteiger partial charge in [0.25, 0.3) is 5.88 Å². The van der Waals surface area contributed by atoms with Gasteiger partial charge in [0.05, 0.1) is 24.3 Å². The molecule has 2 rings (SSSR count). The Bertz CT molecular complexity index is 552. The molecule has 0 aliphatic heterocycles. The Labute approximate surface area is 93.1 Å². The number of hydrogen-bond donors (Lipinski definition) is 0. The van der Waals surface area contributed by atoms with E-state index in [4.69, 9.17) is 14.5 Å². The van der Waals surface area contributed by atoms with Crippen LogP contribution in [0.5, 0.6) is 5.88 Å². The molecule has 0 saturated carbocycles. The summed E-state index contributed by atoms with van der Waals surface area (Å²) in [5.74, 6) is 1.04. The second kappa shape index (κ2) is 4.07. The van der Waals surface area contributed by atoms with Gasteiger partial charge in [0.1, 0.15) is 5.76 Å². The van der Waals surface area contributed by atoms with Crippen molar-refractivity contribution in [2.24, 2.45) is 0 Å². The van der Waals surface area contributed by atoms with Crippen LogP contribution < -0.4 is 4.74 Å². The lowest BCUT2D eigenvalue weighted by Gasteiger charge is -2.03. The third-order valence-electron chi connectivity index (χ3n) is 2.34. The van der Waals surface area contributed by atoms with Crippen LogP contribution in [0.25, 0.3) is 11.1 Å². The maximum absolute atomic E-state index is 9.03. The molecular formula is C12H10N2O2.